The Hall–Kier alpha value is -1.64. The molecule has 1 aliphatic rings. The standard InChI is InChI=1S/C15H19ClN2O5S/c1-10(14(17)19)23-15(20)12-9-11(5-6-13(12)16)24(21,22)18-7-3-2-4-8-18/h5-6,9-10H,2-4,7-8H2,1H3,(H2,17,19)/t10-/m1/s1. The summed E-state index contributed by atoms with van der Waals surface area (Å²) in [5.41, 5.74) is 4.92. The number of sulfonamides is 1. The van der Waals surface area contributed by atoms with E-state index >= 15 is 0 Å². The molecule has 1 saturated heterocycles. The second-order valence-corrected chi connectivity index (χ2v) is 7.90. The first-order valence-corrected chi connectivity index (χ1v) is 9.35. The van der Waals surface area contributed by atoms with E-state index in [2.05, 4.69) is 0 Å². The molecule has 2 rings (SSSR count). The number of amides is 1. The van der Waals surface area contributed by atoms with Gasteiger partial charge in [0.2, 0.25) is 10.0 Å². The minimum Gasteiger partial charge on any atom is -0.449 e. The second kappa shape index (κ2) is 7.50. The van der Waals surface area contributed by atoms with E-state index < -0.39 is 28.0 Å². The van der Waals surface area contributed by atoms with Crippen molar-refractivity contribution < 1.29 is 22.7 Å². The molecular weight excluding hydrogens is 356 g/mol. The molecule has 1 fully saturated rings. The number of rotatable bonds is 5. The lowest BCUT2D eigenvalue weighted by molar-refractivity contribution is -0.125. The SMILES string of the molecule is C[C@@H](OC(=O)c1cc(S(=O)(=O)N2CCCCC2)ccc1Cl)C(N)=O. The topological polar surface area (TPSA) is 107 Å². The highest BCUT2D eigenvalue weighted by atomic mass is 35.5. The molecule has 132 valence electrons. The molecule has 1 atom stereocenters. The van der Waals surface area contributed by atoms with Crippen molar-refractivity contribution in [1.29, 1.82) is 0 Å². The van der Waals surface area contributed by atoms with Gasteiger partial charge in [0.15, 0.2) is 6.10 Å². The third kappa shape index (κ3) is 4.06. The molecule has 0 spiro atoms. The molecular formula is C15H19ClN2O5S. The molecule has 0 unspecified atom stereocenters. The van der Waals surface area contributed by atoms with Crippen LogP contribution in [0.3, 0.4) is 0 Å². The summed E-state index contributed by atoms with van der Waals surface area (Å²) in [6, 6.07) is 3.84. The number of nitrogens with two attached hydrogens (primary N) is 1. The van der Waals surface area contributed by atoms with E-state index in [1.165, 1.54) is 29.4 Å². The maximum Gasteiger partial charge on any atom is 0.340 e. The molecule has 0 radical (unpaired) electrons. The van der Waals surface area contributed by atoms with Crippen LogP contribution in [0.2, 0.25) is 5.02 Å². The second-order valence-electron chi connectivity index (χ2n) is 5.56. The van der Waals surface area contributed by atoms with Gasteiger partial charge in [0, 0.05) is 13.1 Å². The Bertz CT molecular complexity index is 744. The van der Waals surface area contributed by atoms with Gasteiger partial charge in [-0.05, 0) is 38.0 Å². The molecule has 1 amide bonds. The van der Waals surface area contributed by atoms with E-state index in [1.54, 1.807) is 0 Å². The minimum atomic E-state index is -3.70. The number of esters is 1. The van der Waals surface area contributed by atoms with Crippen molar-refractivity contribution in [3.8, 4) is 0 Å². The van der Waals surface area contributed by atoms with Crippen LogP contribution >= 0.6 is 11.6 Å². The van der Waals surface area contributed by atoms with Crippen molar-refractivity contribution in [3.63, 3.8) is 0 Å². The smallest absolute Gasteiger partial charge is 0.340 e. The fourth-order valence-electron chi connectivity index (χ4n) is 2.36. The third-order valence-electron chi connectivity index (χ3n) is 3.80. The van der Waals surface area contributed by atoms with E-state index in [0.29, 0.717) is 13.1 Å². The molecule has 2 N–H and O–H groups in total. The Balaban J connectivity index is 2.31. The summed E-state index contributed by atoms with van der Waals surface area (Å²) < 4.78 is 31.6. The Morgan fingerprint density at radius 1 is 1.25 bits per heavy atom. The van der Waals surface area contributed by atoms with E-state index in [4.69, 9.17) is 22.1 Å². The molecule has 0 aromatic heterocycles. The van der Waals surface area contributed by atoms with Crippen LogP contribution in [0.4, 0.5) is 0 Å². The maximum atomic E-state index is 12.7. The van der Waals surface area contributed by atoms with Crippen LogP contribution in [-0.4, -0.2) is 43.8 Å². The van der Waals surface area contributed by atoms with Crippen molar-refractivity contribution in [2.45, 2.75) is 37.2 Å². The van der Waals surface area contributed by atoms with Gasteiger partial charge in [0.05, 0.1) is 15.5 Å². The number of carbonyl (C=O) groups is 2. The first-order valence-electron chi connectivity index (χ1n) is 7.53. The minimum absolute atomic E-state index is 0.0347. The number of nitrogens with zero attached hydrogens (tertiary/aromatic N) is 1. The van der Waals surface area contributed by atoms with E-state index in [0.717, 1.165) is 19.3 Å². The van der Waals surface area contributed by atoms with Crippen molar-refractivity contribution in [2.24, 2.45) is 5.73 Å². The quantitative estimate of drug-likeness (QED) is 0.787. The lowest BCUT2D eigenvalue weighted by Crippen LogP contribution is -2.35. The Morgan fingerprint density at radius 2 is 1.88 bits per heavy atom. The molecule has 1 aromatic rings. The molecule has 0 bridgehead atoms. The van der Waals surface area contributed by atoms with Crippen molar-refractivity contribution in [1.82, 2.24) is 4.31 Å². The fraction of sp³-hybridized carbons (Fsp3) is 0.467. The van der Waals surface area contributed by atoms with Gasteiger partial charge in [-0.15, -0.1) is 0 Å². The number of hydrogen-bond donors (Lipinski definition) is 1. The van der Waals surface area contributed by atoms with Gasteiger partial charge in [-0.2, -0.15) is 4.31 Å². The van der Waals surface area contributed by atoms with E-state index in [9.17, 15) is 18.0 Å². The van der Waals surface area contributed by atoms with E-state index in [-0.39, 0.29) is 15.5 Å². The molecule has 1 aliphatic heterocycles. The Kier molecular flexibility index (Phi) is 5.84. The van der Waals surface area contributed by atoms with Crippen LogP contribution in [-0.2, 0) is 19.6 Å². The monoisotopic (exact) mass is 374 g/mol. The van der Waals surface area contributed by atoms with Crippen LogP contribution in [0.15, 0.2) is 23.1 Å². The summed E-state index contributed by atoms with van der Waals surface area (Å²) in [6.07, 6.45) is 1.46. The first kappa shape index (κ1) is 18.7. The van der Waals surface area contributed by atoms with Crippen LogP contribution < -0.4 is 5.73 Å². The normalized spacial score (nSPS) is 17.2. The lowest BCUT2D eigenvalue weighted by Gasteiger charge is -2.26. The van der Waals surface area contributed by atoms with Gasteiger partial charge in [0.1, 0.15) is 0 Å². The molecule has 1 aromatic carbocycles. The summed E-state index contributed by atoms with van der Waals surface area (Å²) in [5, 5.41) is 0.0364. The number of halogens is 1. The number of piperidine rings is 1. The van der Waals surface area contributed by atoms with Crippen LogP contribution in [0.1, 0.15) is 36.5 Å². The van der Waals surface area contributed by atoms with Gasteiger partial charge < -0.3 is 10.5 Å². The molecule has 0 aliphatic carbocycles. The lowest BCUT2D eigenvalue weighted by atomic mass is 10.2. The summed E-state index contributed by atoms with van der Waals surface area (Å²) >= 11 is 5.96. The van der Waals surface area contributed by atoms with E-state index in [1.807, 2.05) is 0 Å². The number of primary amides is 1. The highest BCUT2D eigenvalue weighted by molar-refractivity contribution is 7.89. The van der Waals surface area contributed by atoms with Gasteiger partial charge in [-0.25, -0.2) is 13.2 Å². The molecule has 9 heteroatoms. The van der Waals surface area contributed by atoms with Crippen LogP contribution in [0, 0.1) is 0 Å². The number of benzene rings is 1. The zero-order valence-corrected chi connectivity index (χ0v) is 14.8. The third-order valence-corrected chi connectivity index (χ3v) is 6.02. The van der Waals surface area contributed by atoms with Gasteiger partial charge >= 0.3 is 5.97 Å². The molecule has 7 nitrogen and oxygen atoms in total. The average Bonchev–Trinajstić information content (AvgIpc) is 2.55. The van der Waals surface area contributed by atoms with Crippen LogP contribution in [0.25, 0.3) is 0 Å². The zero-order valence-electron chi connectivity index (χ0n) is 13.2. The highest BCUT2D eigenvalue weighted by Gasteiger charge is 2.28. The van der Waals surface area contributed by atoms with Crippen molar-refractivity contribution >= 4 is 33.5 Å². The van der Waals surface area contributed by atoms with Gasteiger partial charge in [0.25, 0.3) is 5.91 Å². The zero-order chi connectivity index (χ0) is 17.9. The molecule has 24 heavy (non-hydrogen) atoms. The fourth-order valence-corrected chi connectivity index (χ4v) is 4.10. The summed E-state index contributed by atoms with van der Waals surface area (Å²) in [6.45, 7) is 2.22. The Morgan fingerprint density at radius 3 is 2.46 bits per heavy atom. The summed E-state index contributed by atoms with van der Waals surface area (Å²) in [7, 11) is -3.70. The predicted octanol–water partition coefficient (Wildman–Crippen LogP) is 1.55. The van der Waals surface area contributed by atoms with Gasteiger partial charge in [-0.1, -0.05) is 18.0 Å². The first-order chi connectivity index (χ1) is 11.2. The Labute approximate surface area is 145 Å². The van der Waals surface area contributed by atoms with Crippen molar-refractivity contribution in [2.75, 3.05) is 13.1 Å². The number of ether oxygens (including phenoxy) is 1. The van der Waals surface area contributed by atoms with Gasteiger partial charge in [-0.3, -0.25) is 4.79 Å². The highest BCUT2D eigenvalue weighted by Crippen LogP contribution is 2.25. The van der Waals surface area contributed by atoms with Crippen molar-refractivity contribution in [3.05, 3.63) is 28.8 Å². The summed E-state index contributed by atoms with van der Waals surface area (Å²) in [5.74, 6) is -1.71. The molecule has 1 heterocycles. The maximum absolute atomic E-state index is 12.7. The van der Waals surface area contributed by atoms with Crippen LogP contribution in [0.5, 0.6) is 0 Å². The number of carbonyl (C=O) groups excluding carboxylic acids is 2. The molecule has 0 saturated carbocycles. The predicted molar refractivity (Wildman–Crippen MR) is 88.1 cm³/mol. The largest absolute Gasteiger partial charge is 0.449 e. The summed E-state index contributed by atoms with van der Waals surface area (Å²) in [4.78, 5) is 23.1. The average molecular weight is 375 g/mol. The number of hydrogen-bond acceptors (Lipinski definition) is 5.